The van der Waals surface area contributed by atoms with E-state index in [0.717, 1.165) is 6.04 Å². The van der Waals surface area contributed by atoms with Crippen LogP contribution in [0.15, 0.2) is 0 Å². The Labute approximate surface area is 79.3 Å². The van der Waals surface area contributed by atoms with Gasteiger partial charge < -0.3 is 4.90 Å². The van der Waals surface area contributed by atoms with Gasteiger partial charge in [-0.3, -0.25) is 4.90 Å². The summed E-state index contributed by atoms with van der Waals surface area (Å²) in [6, 6.07) is 0.871. The molecule has 2 aliphatic rings. The lowest BCUT2D eigenvalue weighted by Gasteiger charge is -2.31. The predicted molar refractivity (Wildman–Crippen MR) is 54.8 cm³/mol. The van der Waals surface area contributed by atoms with Crippen molar-refractivity contribution in [2.75, 3.05) is 44.7 Å². The average molecular weight is 186 g/mol. The highest BCUT2D eigenvalue weighted by atomic mass is 32.2. The number of likely N-dealkylation sites (N-methyl/N-ethyl adjacent to an activating group) is 1. The number of likely N-dealkylation sites (tertiary alicyclic amines) is 1. The molecule has 0 aliphatic carbocycles. The van der Waals surface area contributed by atoms with E-state index in [1.54, 1.807) is 0 Å². The van der Waals surface area contributed by atoms with Gasteiger partial charge in [0, 0.05) is 37.2 Å². The van der Waals surface area contributed by atoms with E-state index < -0.39 is 0 Å². The first kappa shape index (κ1) is 8.85. The zero-order valence-corrected chi connectivity index (χ0v) is 8.65. The second kappa shape index (κ2) is 3.99. The molecule has 0 spiro atoms. The Morgan fingerprint density at radius 2 is 1.92 bits per heavy atom. The maximum atomic E-state index is 2.68. The number of thioether (sulfide) groups is 1. The van der Waals surface area contributed by atoms with Crippen LogP contribution < -0.4 is 0 Å². The van der Waals surface area contributed by atoms with Gasteiger partial charge in [0.25, 0.3) is 0 Å². The van der Waals surface area contributed by atoms with Crippen LogP contribution in [0.3, 0.4) is 0 Å². The molecule has 0 N–H and O–H groups in total. The minimum Gasteiger partial charge on any atom is -0.305 e. The molecule has 0 amide bonds. The van der Waals surface area contributed by atoms with Crippen LogP contribution in [-0.2, 0) is 0 Å². The Balaban J connectivity index is 1.83. The average Bonchev–Trinajstić information content (AvgIpc) is 2.54. The summed E-state index contributed by atoms with van der Waals surface area (Å²) in [5.41, 5.74) is 0. The fourth-order valence-corrected chi connectivity index (χ4v) is 3.08. The van der Waals surface area contributed by atoms with Gasteiger partial charge in [0.15, 0.2) is 0 Å². The molecule has 0 aromatic heterocycles. The summed E-state index contributed by atoms with van der Waals surface area (Å²) in [5, 5.41) is 0. The van der Waals surface area contributed by atoms with Crippen molar-refractivity contribution < 1.29 is 0 Å². The summed E-state index contributed by atoms with van der Waals surface area (Å²) < 4.78 is 0. The molecule has 0 saturated carbocycles. The molecule has 2 nitrogen and oxygen atoms in total. The Hall–Kier alpha value is 0.270. The molecule has 70 valence electrons. The molecule has 0 bridgehead atoms. The standard InChI is InChI=1S/C9H18N2S/c1-10-3-2-9(8-10)11-4-6-12-7-5-11/h9H,2-8H2,1H3. The van der Waals surface area contributed by atoms with Crippen molar-refractivity contribution in [3.05, 3.63) is 0 Å². The summed E-state index contributed by atoms with van der Waals surface area (Å²) in [6.45, 7) is 5.24. The second-order valence-electron chi connectivity index (χ2n) is 3.85. The first-order chi connectivity index (χ1) is 5.86. The molecule has 1 atom stereocenters. The fraction of sp³-hybridized carbons (Fsp3) is 1.00. The smallest absolute Gasteiger partial charge is 0.0235 e. The van der Waals surface area contributed by atoms with Gasteiger partial charge in [0.05, 0.1) is 0 Å². The first-order valence-electron chi connectivity index (χ1n) is 4.86. The van der Waals surface area contributed by atoms with Gasteiger partial charge in [-0.2, -0.15) is 11.8 Å². The summed E-state index contributed by atoms with van der Waals surface area (Å²) >= 11 is 2.10. The van der Waals surface area contributed by atoms with Crippen molar-refractivity contribution in [3.63, 3.8) is 0 Å². The lowest BCUT2D eigenvalue weighted by atomic mass is 10.2. The number of rotatable bonds is 1. The fourth-order valence-electron chi connectivity index (χ4n) is 2.15. The van der Waals surface area contributed by atoms with Crippen LogP contribution in [0.1, 0.15) is 6.42 Å². The Kier molecular flexibility index (Phi) is 2.94. The molecule has 0 aromatic carbocycles. The molecule has 1 unspecified atom stereocenters. The van der Waals surface area contributed by atoms with Crippen molar-refractivity contribution in [3.8, 4) is 0 Å². The van der Waals surface area contributed by atoms with Crippen LogP contribution in [0.2, 0.25) is 0 Å². The van der Waals surface area contributed by atoms with Crippen LogP contribution in [0.5, 0.6) is 0 Å². The van der Waals surface area contributed by atoms with E-state index in [0.29, 0.717) is 0 Å². The summed E-state index contributed by atoms with van der Waals surface area (Å²) in [5.74, 6) is 2.69. The molecule has 0 radical (unpaired) electrons. The predicted octanol–water partition coefficient (Wildman–Crippen LogP) is 0.739. The lowest BCUT2D eigenvalue weighted by Crippen LogP contribution is -2.42. The van der Waals surface area contributed by atoms with E-state index in [4.69, 9.17) is 0 Å². The zero-order valence-electron chi connectivity index (χ0n) is 7.83. The van der Waals surface area contributed by atoms with Crippen molar-refractivity contribution in [2.45, 2.75) is 12.5 Å². The summed E-state index contributed by atoms with van der Waals surface area (Å²) in [7, 11) is 2.23. The molecular weight excluding hydrogens is 168 g/mol. The van der Waals surface area contributed by atoms with E-state index in [1.165, 1.54) is 44.1 Å². The Bertz CT molecular complexity index is 143. The highest BCUT2D eigenvalue weighted by molar-refractivity contribution is 7.99. The number of nitrogens with zero attached hydrogens (tertiary/aromatic N) is 2. The van der Waals surface area contributed by atoms with Gasteiger partial charge in [-0.25, -0.2) is 0 Å². The SMILES string of the molecule is CN1CCC(N2CCSCC2)C1. The van der Waals surface area contributed by atoms with E-state index in [9.17, 15) is 0 Å². The topological polar surface area (TPSA) is 6.48 Å². The quantitative estimate of drug-likeness (QED) is 0.596. The molecule has 2 aliphatic heterocycles. The van der Waals surface area contributed by atoms with E-state index in [-0.39, 0.29) is 0 Å². The Morgan fingerprint density at radius 3 is 2.50 bits per heavy atom. The van der Waals surface area contributed by atoms with E-state index >= 15 is 0 Å². The summed E-state index contributed by atoms with van der Waals surface area (Å²) in [6.07, 6.45) is 1.39. The van der Waals surface area contributed by atoms with Gasteiger partial charge in [0.1, 0.15) is 0 Å². The second-order valence-corrected chi connectivity index (χ2v) is 5.08. The number of hydrogen-bond donors (Lipinski definition) is 0. The summed E-state index contributed by atoms with van der Waals surface area (Å²) in [4.78, 5) is 5.13. The van der Waals surface area contributed by atoms with Crippen LogP contribution >= 0.6 is 11.8 Å². The zero-order chi connectivity index (χ0) is 8.39. The number of hydrogen-bond acceptors (Lipinski definition) is 3. The molecule has 2 fully saturated rings. The van der Waals surface area contributed by atoms with Crippen molar-refractivity contribution >= 4 is 11.8 Å². The molecule has 3 heteroatoms. The monoisotopic (exact) mass is 186 g/mol. The van der Waals surface area contributed by atoms with E-state index in [2.05, 4.69) is 28.6 Å². The molecule has 0 aromatic rings. The Morgan fingerprint density at radius 1 is 1.17 bits per heavy atom. The maximum Gasteiger partial charge on any atom is 0.0235 e. The van der Waals surface area contributed by atoms with Gasteiger partial charge in [-0.1, -0.05) is 0 Å². The van der Waals surface area contributed by atoms with Crippen LogP contribution in [0.25, 0.3) is 0 Å². The van der Waals surface area contributed by atoms with Crippen LogP contribution in [0.4, 0.5) is 0 Å². The third-order valence-electron chi connectivity index (χ3n) is 2.93. The largest absolute Gasteiger partial charge is 0.305 e. The first-order valence-corrected chi connectivity index (χ1v) is 6.02. The third kappa shape index (κ3) is 1.95. The molecule has 2 rings (SSSR count). The highest BCUT2D eigenvalue weighted by Crippen LogP contribution is 2.18. The van der Waals surface area contributed by atoms with Gasteiger partial charge in [-0.15, -0.1) is 0 Å². The van der Waals surface area contributed by atoms with E-state index in [1.807, 2.05) is 0 Å². The third-order valence-corrected chi connectivity index (χ3v) is 3.87. The minimum atomic E-state index is 0.871. The lowest BCUT2D eigenvalue weighted by molar-refractivity contribution is 0.217. The van der Waals surface area contributed by atoms with Gasteiger partial charge in [-0.05, 0) is 20.0 Å². The van der Waals surface area contributed by atoms with Crippen LogP contribution in [0, 0.1) is 0 Å². The maximum absolute atomic E-state index is 2.68. The van der Waals surface area contributed by atoms with Gasteiger partial charge in [0.2, 0.25) is 0 Å². The highest BCUT2D eigenvalue weighted by Gasteiger charge is 2.26. The van der Waals surface area contributed by atoms with Crippen molar-refractivity contribution in [2.24, 2.45) is 0 Å². The van der Waals surface area contributed by atoms with Crippen LogP contribution in [-0.4, -0.2) is 60.6 Å². The minimum absolute atomic E-state index is 0.871. The molecule has 12 heavy (non-hydrogen) atoms. The molecular formula is C9H18N2S. The van der Waals surface area contributed by atoms with Crippen molar-refractivity contribution in [1.29, 1.82) is 0 Å². The molecule has 2 heterocycles. The molecule has 2 saturated heterocycles. The van der Waals surface area contributed by atoms with Crippen molar-refractivity contribution in [1.82, 2.24) is 9.80 Å². The van der Waals surface area contributed by atoms with Gasteiger partial charge >= 0.3 is 0 Å². The normalized spacial score (nSPS) is 34.2.